The van der Waals surface area contributed by atoms with Gasteiger partial charge in [-0.05, 0) is 91.3 Å². The molecule has 9 nitrogen and oxygen atoms in total. The largest absolute Gasteiger partial charge is 0.377 e. The van der Waals surface area contributed by atoms with Crippen LogP contribution in [0.15, 0.2) is 60.9 Å². The van der Waals surface area contributed by atoms with Crippen molar-refractivity contribution in [2.75, 3.05) is 25.1 Å². The van der Waals surface area contributed by atoms with Crippen LogP contribution < -0.4 is 10.6 Å². The first-order valence-corrected chi connectivity index (χ1v) is 15.6. The van der Waals surface area contributed by atoms with E-state index in [-0.39, 0.29) is 29.7 Å². The van der Waals surface area contributed by atoms with Gasteiger partial charge in [0.2, 0.25) is 12.3 Å². The Morgan fingerprint density at radius 1 is 1.02 bits per heavy atom. The highest BCUT2D eigenvalue weighted by molar-refractivity contribution is 5.96. The molecule has 4 heterocycles. The summed E-state index contributed by atoms with van der Waals surface area (Å²) in [7, 11) is 0. The van der Waals surface area contributed by atoms with Crippen LogP contribution in [-0.4, -0.2) is 64.9 Å². The van der Waals surface area contributed by atoms with Crippen molar-refractivity contribution < 1.29 is 19.1 Å². The maximum atomic E-state index is 13.8. The molecule has 0 radical (unpaired) electrons. The minimum Gasteiger partial charge on any atom is -0.377 e. The maximum Gasteiger partial charge on any atom is 0.270 e. The molecule has 9 heteroatoms. The molecule has 1 saturated heterocycles. The number of ether oxygens (including phenoxy) is 1. The summed E-state index contributed by atoms with van der Waals surface area (Å²) >= 11 is 0. The lowest BCUT2D eigenvalue weighted by Crippen LogP contribution is -2.58. The maximum absolute atomic E-state index is 13.8. The molecule has 1 fully saturated rings. The second kappa shape index (κ2) is 13.5. The van der Waals surface area contributed by atoms with E-state index in [2.05, 4.69) is 45.7 Å². The summed E-state index contributed by atoms with van der Waals surface area (Å²) in [5, 5.41) is 5.80. The number of carbonyl (C=O) groups excluding carboxylic acids is 3. The SMILES string of the molecule is CC1C(c2ccccc2)CC2NC(=O)c3cc4c(cn3)C[C@@H](C4)c3cc(cnc3NC=O)/C=C/COCCCCCN1C2=O. The highest BCUT2D eigenvalue weighted by atomic mass is 16.5. The zero-order valence-corrected chi connectivity index (χ0v) is 25.1. The number of amides is 3. The van der Waals surface area contributed by atoms with Gasteiger partial charge >= 0.3 is 0 Å². The highest BCUT2D eigenvalue weighted by Crippen LogP contribution is 2.37. The summed E-state index contributed by atoms with van der Waals surface area (Å²) < 4.78 is 5.85. The number of nitrogens with zero attached hydrogens (tertiary/aromatic N) is 3. The number of pyridine rings is 2. The van der Waals surface area contributed by atoms with E-state index >= 15 is 0 Å². The fourth-order valence-electron chi connectivity index (χ4n) is 6.87. The van der Waals surface area contributed by atoms with Gasteiger partial charge in [-0.1, -0.05) is 42.5 Å². The van der Waals surface area contributed by atoms with Gasteiger partial charge in [0.15, 0.2) is 0 Å². The normalized spacial score (nSPS) is 25.0. The van der Waals surface area contributed by atoms with E-state index in [1.54, 1.807) is 12.4 Å². The Balaban J connectivity index is 1.29. The average Bonchev–Trinajstić information content (AvgIpc) is 3.47. The number of benzene rings is 1. The average molecular weight is 594 g/mol. The van der Waals surface area contributed by atoms with Gasteiger partial charge < -0.3 is 20.3 Å². The molecule has 7 bridgehead atoms. The van der Waals surface area contributed by atoms with Crippen LogP contribution in [0.4, 0.5) is 5.82 Å². The lowest BCUT2D eigenvalue weighted by atomic mass is 9.81. The third kappa shape index (κ3) is 6.43. The van der Waals surface area contributed by atoms with Gasteiger partial charge in [-0.15, -0.1) is 0 Å². The zero-order valence-electron chi connectivity index (χ0n) is 25.1. The highest BCUT2D eigenvalue weighted by Gasteiger charge is 2.40. The van der Waals surface area contributed by atoms with Crippen LogP contribution in [0.25, 0.3) is 6.08 Å². The van der Waals surface area contributed by atoms with E-state index < -0.39 is 6.04 Å². The fourth-order valence-corrected chi connectivity index (χ4v) is 6.87. The van der Waals surface area contributed by atoms with Gasteiger partial charge in [0.1, 0.15) is 17.6 Å². The van der Waals surface area contributed by atoms with Crippen molar-refractivity contribution in [3.05, 3.63) is 94.4 Å². The van der Waals surface area contributed by atoms with Crippen molar-refractivity contribution in [2.24, 2.45) is 0 Å². The number of piperidine rings is 1. The number of aromatic nitrogens is 2. The molecule has 3 aromatic rings. The minimum atomic E-state index is -0.634. The van der Waals surface area contributed by atoms with Crippen LogP contribution >= 0.6 is 0 Å². The number of anilines is 1. The molecule has 1 aliphatic carbocycles. The Hall–Kier alpha value is -4.37. The Morgan fingerprint density at radius 3 is 2.70 bits per heavy atom. The topological polar surface area (TPSA) is 114 Å². The molecule has 6 rings (SSSR count). The van der Waals surface area contributed by atoms with Crippen LogP contribution in [-0.2, 0) is 27.2 Å². The molecule has 44 heavy (non-hydrogen) atoms. The Kier molecular flexibility index (Phi) is 9.12. The molecule has 2 N–H and O–H groups in total. The second-order valence-corrected chi connectivity index (χ2v) is 12.0. The zero-order chi connectivity index (χ0) is 30.5. The quantitative estimate of drug-likeness (QED) is 0.428. The predicted octanol–water partition coefficient (Wildman–Crippen LogP) is 4.64. The summed E-state index contributed by atoms with van der Waals surface area (Å²) in [5.74, 6) is 0.336. The third-order valence-corrected chi connectivity index (χ3v) is 9.21. The van der Waals surface area contributed by atoms with Crippen LogP contribution in [0.3, 0.4) is 0 Å². The van der Waals surface area contributed by atoms with E-state index in [1.165, 1.54) is 5.56 Å². The summed E-state index contributed by atoms with van der Waals surface area (Å²) in [4.78, 5) is 49.7. The molecule has 3 amide bonds. The van der Waals surface area contributed by atoms with Gasteiger partial charge in [0, 0.05) is 37.5 Å². The Labute approximate surface area is 258 Å². The fraction of sp³-hybridized carbons (Fsp3) is 0.400. The first-order chi connectivity index (χ1) is 21.5. The van der Waals surface area contributed by atoms with E-state index in [0.29, 0.717) is 50.5 Å². The molecule has 1 aromatic carbocycles. The monoisotopic (exact) mass is 593 g/mol. The van der Waals surface area contributed by atoms with Crippen LogP contribution in [0.1, 0.15) is 82.7 Å². The van der Waals surface area contributed by atoms with Crippen LogP contribution in [0, 0.1) is 0 Å². The number of nitrogens with one attached hydrogen (secondary N) is 2. The number of hydrogen-bond donors (Lipinski definition) is 2. The van der Waals surface area contributed by atoms with Crippen molar-refractivity contribution in [2.45, 2.75) is 69.4 Å². The lowest BCUT2D eigenvalue weighted by Gasteiger charge is -2.43. The Bertz CT molecular complexity index is 1540. The molecule has 0 spiro atoms. The van der Waals surface area contributed by atoms with Crippen molar-refractivity contribution in [1.82, 2.24) is 20.2 Å². The molecule has 2 aromatic heterocycles. The van der Waals surface area contributed by atoms with Crippen LogP contribution in [0.2, 0.25) is 0 Å². The number of rotatable bonds is 3. The summed E-state index contributed by atoms with van der Waals surface area (Å²) in [6.45, 7) is 3.89. The van der Waals surface area contributed by atoms with Crippen molar-refractivity contribution in [1.29, 1.82) is 0 Å². The molecule has 4 atom stereocenters. The molecular formula is C35H39N5O4. The number of fused-ring (bicyclic) bond motifs is 7. The molecule has 3 unspecified atom stereocenters. The molecule has 3 aliphatic rings. The lowest BCUT2D eigenvalue weighted by molar-refractivity contribution is -0.139. The van der Waals surface area contributed by atoms with Crippen LogP contribution in [0.5, 0.6) is 0 Å². The molecular weight excluding hydrogens is 554 g/mol. The van der Waals surface area contributed by atoms with Gasteiger partial charge in [-0.25, -0.2) is 4.98 Å². The van der Waals surface area contributed by atoms with E-state index in [9.17, 15) is 14.4 Å². The van der Waals surface area contributed by atoms with E-state index in [4.69, 9.17) is 4.74 Å². The predicted molar refractivity (Wildman–Crippen MR) is 168 cm³/mol. The number of hydrogen-bond acceptors (Lipinski definition) is 6. The summed E-state index contributed by atoms with van der Waals surface area (Å²) in [5.41, 5.74) is 5.46. The van der Waals surface area contributed by atoms with Crippen molar-refractivity contribution in [3.63, 3.8) is 0 Å². The molecule has 2 aliphatic heterocycles. The Morgan fingerprint density at radius 2 is 1.86 bits per heavy atom. The number of carbonyl (C=O) groups is 3. The summed E-state index contributed by atoms with van der Waals surface area (Å²) in [6, 6.07) is 13.5. The van der Waals surface area contributed by atoms with Crippen molar-refractivity contribution >= 4 is 30.1 Å². The molecule has 0 saturated carbocycles. The van der Waals surface area contributed by atoms with Gasteiger partial charge in [-0.2, -0.15) is 0 Å². The van der Waals surface area contributed by atoms with E-state index in [1.807, 2.05) is 41.3 Å². The van der Waals surface area contributed by atoms with Gasteiger partial charge in [0.25, 0.3) is 5.91 Å². The van der Waals surface area contributed by atoms with Gasteiger partial charge in [-0.3, -0.25) is 19.4 Å². The third-order valence-electron chi connectivity index (χ3n) is 9.21. The minimum absolute atomic E-state index is 0.0187. The van der Waals surface area contributed by atoms with Crippen molar-refractivity contribution in [3.8, 4) is 0 Å². The van der Waals surface area contributed by atoms with E-state index in [0.717, 1.165) is 47.9 Å². The molecule has 228 valence electrons. The first-order valence-electron chi connectivity index (χ1n) is 15.6. The smallest absolute Gasteiger partial charge is 0.270 e. The first kappa shape index (κ1) is 29.7. The second-order valence-electron chi connectivity index (χ2n) is 12.0. The summed E-state index contributed by atoms with van der Waals surface area (Å²) in [6.07, 6.45) is 12.8. The standard InChI is InChI=1S/C35H39N5O4/c1-23-29(25-10-4-2-5-11-25)19-32-35(43)40(23)12-6-3-7-13-44-14-8-9-24-15-30(33(37-20-24)38-22-41)27-16-26-18-31(34(42)39-32)36-21-28(26)17-27/h2,4-5,8-11,15,18,20-23,27,29,32H,3,6-7,12-14,16-17,19H2,1H3,(H,39,42)(H,37,38,41)/b9-8+/t23?,27-,29?,32?/m1/s1. The van der Waals surface area contributed by atoms with Gasteiger partial charge in [0.05, 0.1) is 6.61 Å².